The quantitative estimate of drug-likeness (QED) is 0.859. The highest BCUT2D eigenvalue weighted by atomic mass is 35.5. The minimum absolute atomic E-state index is 0.0910. The van der Waals surface area contributed by atoms with Gasteiger partial charge in [-0.25, -0.2) is 0 Å². The monoisotopic (exact) mass is 269 g/mol. The number of carbonyl (C=O) groups is 1. The van der Waals surface area contributed by atoms with E-state index in [4.69, 9.17) is 16.3 Å². The summed E-state index contributed by atoms with van der Waals surface area (Å²) in [7, 11) is 0. The van der Waals surface area contributed by atoms with Gasteiger partial charge in [0.25, 0.3) is 5.91 Å². The number of ether oxygens (including phenoxy) is 1. The molecule has 0 aliphatic rings. The number of para-hydroxylation sites is 1. The Labute approximate surface area is 113 Å². The van der Waals surface area contributed by atoms with Crippen LogP contribution in [0.1, 0.15) is 33.6 Å². The standard InChI is InChI=1S/C14H20ClNO2/c1-4-10(3)16-14(17)12(5-2)18-13-9-7-6-8-11(13)15/h6-10,12H,4-5H2,1-3H3,(H,16,17). The number of benzene rings is 1. The van der Waals surface area contributed by atoms with Crippen molar-refractivity contribution >= 4 is 17.5 Å². The highest BCUT2D eigenvalue weighted by molar-refractivity contribution is 6.32. The Kier molecular flexibility index (Phi) is 5.99. The van der Waals surface area contributed by atoms with E-state index in [9.17, 15) is 4.79 Å². The molecule has 2 unspecified atom stereocenters. The predicted molar refractivity (Wildman–Crippen MR) is 74.1 cm³/mol. The van der Waals surface area contributed by atoms with Crippen LogP contribution in [0.2, 0.25) is 5.02 Å². The predicted octanol–water partition coefficient (Wildman–Crippen LogP) is 3.41. The zero-order valence-electron chi connectivity index (χ0n) is 11.1. The number of carbonyl (C=O) groups excluding carboxylic acids is 1. The zero-order chi connectivity index (χ0) is 13.5. The van der Waals surface area contributed by atoms with Crippen molar-refractivity contribution < 1.29 is 9.53 Å². The molecule has 0 fully saturated rings. The van der Waals surface area contributed by atoms with Gasteiger partial charge in [-0.15, -0.1) is 0 Å². The van der Waals surface area contributed by atoms with Crippen LogP contribution in [0, 0.1) is 0 Å². The normalized spacial score (nSPS) is 13.8. The van der Waals surface area contributed by atoms with Gasteiger partial charge in [-0.2, -0.15) is 0 Å². The van der Waals surface area contributed by atoms with E-state index in [0.717, 1.165) is 6.42 Å². The van der Waals surface area contributed by atoms with Gasteiger partial charge in [0, 0.05) is 6.04 Å². The van der Waals surface area contributed by atoms with E-state index in [0.29, 0.717) is 17.2 Å². The van der Waals surface area contributed by atoms with E-state index in [-0.39, 0.29) is 11.9 Å². The lowest BCUT2D eigenvalue weighted by Gasteiger charge is -2.20. The molecule has 0 spiro atoms. The molecule has 3 nitrogen and oxygen atoms in total. The maximum absolute atomic E-state index is 12.0. The lowest BCUT2D eigenvalue weighted by molar-refractivity contribution is -0.128. The molecule has 1 aromatic rings. The highest BCUT2D eigenvalue weighted by Gasteiger charge is 2.20. The smallest absolute Gasteiger partial charge is 0.261 e. The third kappa shape index (κ3) is 4.22. The Morgan fingerprint density at radius 1 is 1.33 bits per heavy atom. The van der Waals surface area contributed by atoms with Gasteiger partial charge >= 0.3 is 0 Å². The van der Waals surface area contributed by atoms with Crippen molar-refractivity contribution in [3.8, 4) is 5.75 Å². The van der Waals surface area contributed by atoms with E-state index in [2.05, 4.69) is 5.32 Å². The SMILES string of the molecule is CCC(C)NC(=O)C(CC)Oc1ccccc1Cl. The molecule has 1 N–H and O–H groups in total. The average Bonchev–Trinajstić information content (AvgIpc) is 2.37. The fraction of sp³-hybridized carbons (Fsp3) is 0.500. The van der Waals surface area contributed by atoms with Crippen molar-refractivity contribution in [3.05, 3.63) is 29.3 Å². The van der Waals surface area contributed by atoms with Gasteiger partial charge in [-0.05, 0) is 31.9 Å². The maximum Gasteiger partial charge on any atom is 0.261 e. The molecule has 2 atom stereocenters. The van der Waals surface area contributed by atoms with Gasteiger partial charge in [0.05, 0.1) is 5.02 Å². The van der Waals surface area contributed by atoms with E-state index in [1.807, 2.05) is 32.9 Å². The summed E-state index contributed by atoms with van der Waals surface area (Å²) in [6.45, 7) is 5.92. The van der Waals surface area contributed by atoms with Crippen molar-refractivity contribution in [3.63, 3.8) is 0 Å². The fourth-order valence-corrected chi connectivity index (χ4v) is 1.63. The molecule has 0 saturated carbocycles. The van der Waals surface area contributed by atoms with Crippen LogP contribution >= 0.6 is 11.6 Å². The summed E-state index contributed by atoms with van der Waals surface area (Å²) in [5, 5.41) is 3.43. The summed E-state index contributed by atoms with van der Waals surface area (Å²) < 4.78 is 5.66. The second-order valence-corrected chi connectivity index (χ2v) is 4.67. The number of halogens is 1. The van der Waals surface area contributed by atoms with Crippen LogP contribution in [-0.2, 0) is 4.79 Å². The fourth-order valence-electron chi connectivity index (χ4n) is 1.45. The first kappa shape index (κ1) is 14.8. The zero-order valence-corrected chi connectivity index (χ0v) is 11.8. The minimum Gasteiger partial charge on any atom is -0.479 e. The van der Waals surface area contributed by atoms with E-state index in [1.54, 1.807) is 12.1 Å². The van der Waals surface area contributed by atoms with Crippen LogP contribution in [0.25, 0.3) is 0 Å². The summed E-state index contributed by atoms with van der Waals surface area (Å²) >= 11 is 6.01. The van der Waals surface area contributed by atoms with E-state index < -0.39 is 6.10 Å². The summed E-state index contributed by atoms with van der Waals surface area (Å²) in [4.78, 5) is 12.0. The first-order valence-corrected chi connectivity index (χ1v) is 6.67. The molecule has 18 heavy (non-hydrogen) atoms. The molecule has 0 bridgehead atoms. The minimum atomic E-state index is -0.501. The van der Waals surface area contributed by atoms with E-state index in [1.165, 1.54) is 0 Å². The molecular weight excluding hydrogens is 250 g/mol. The van der Waals surface area contributed by atoms with Crippen molar-refractivity contribution in [2.75, 3.05) is 0 Å². The molecule has 0 aliphatic heterocycles. The third-order valence-electron chi connectivity index (χ3n) is 2.77. The Balaban J connectivity index is 2.67. The number of rotatable bonds is 6. The second-order valence-electron chi connectivity index (χ2n) is 4.26. The number of hydrogen-bond donors (Lipinski definition) is 1. The van der Waals surface area contributed by atoms with Crippen LogP contribution in [0.4, 0.5) is 0 Å². The Bertz CT molecular complexity index is 395. The molecule has 0 saturated heterocycles. The maximum atomic E-state index is 12.0. The van der Waals surface area contributed by atoms with Crippen LogP contribution in [0.15, 0.2) is 24.3 Å². The molecule has 4 heteroatoms. The van der Waals surface area contributed by atoms with Crippen LogP contribution < -0.4 is 10.1 Å². The number of nitrogens with one attached hydrogen (secondary N) is 1. The molecule has 1 rings (SSSR count). The summed E-state index contributed by atoms with van der Waals surface area (Å²) in [5.74, 6) is 0.456. The Hall–Kier alpha value is -1.22. The number of hydrogen-bond acceptors (Lipinski definition) is 2. The highest BCUT2D eigenvalue weighted by Crippen LogP contribution is 2.24. The van der Waals surface area contributed by atoms with E-state index >= 15 is 0 Å². The van der Waals surface area contributed by atoms with Crippen molar-refractivity contribution in [1.29, 1.82) is 0 Å². The molecule has 0 aromatic heterocycles. The van der Waals surface area contributed by atoms with Crippen molar-refractivity contribution in [2.45, 2.75) is 45.8 Å². The van der Waals surface area contributed by atoms with Crippen molar-refractivity contribution in [1.82, 2.24) is 5.32 Å². The average molecular weight is 270 g/mol. The first-order chi connectivity index (χ1) is 8.58. The lowest BCUT2D eigenvalue weighted by atomic mass is 10.2. The topological polar surface area (TPSA) is 38.3 Å². The van der Waals surface area contributed by atoms with Crippen LogP contribution in [-0.4, -0.2) is 18.1 Å². The second kappa shape index (κ2) is 7.27. The van der Waals surface area contributed by atoms with Crippen LogP contribution in [0.3, 0.4) is 0 Å². The summed E-state index contributed by atoms with van der Waals surface area (Å²) in [6, 6.07) is 7.33. The first-order valence-electron chi connectivity index (χ1n) is 6.30. The lowest BCUT2D eigenvalue weighted by Crippen LogP contribution is -2.42. The van der Waals surface area contributed by atoms with Gasteiger partial charge in [0.15, 0.2) is 6.10 Å². The molecular formula is C14H20ClNO2. The Morgan fingerprint density at radius 3 is 2.56 bits per heavy atom. The number of amides is 1. The Morgan fingerprint density at radius 2 is 2.00 bits per heavy atom. The summed E-state index contributed by atoms with van der Waals surface area (Å²) in [6.07, 6.45) is 1.00. The van der Waals surface area contributed by atoms with Gasteiger partial charge in [0.2, 0.25) is 0 Å². The van der Waals surface area contributed by atoms with Gasteiger partial charge < -0.3 is 10.1 Å². The molecule has 0 heterocycles. The van der Waals surface area contributed by atoms with Crippen molar-refractivity contribution in [2.24, 2.45) is 0 Å². The molecule has 1 aromatic carbocycles. The summed E-state index contributed by atoms with van der Waals surface area (Å²) in [5.41, 5.74) is 0. The molecule has 100 valence electrons. The molecule has 0 aliphatic carbocycles. The largest absolute Gasteiger partial charge is 0.479 e. The van der Waals surface area contributed by atoms with Gasteiger partial charge in [0.1, 0.15) is 5.75 Å². The van der Waals surface area contributed by atoms with Gasteiger partial charge in [-0.3, -0.25) is 4.79 Å². The molecule has 1 amide bonds. The van der Waals surface area contributed by atoms with Gasteiger partial charge in [-0.1, -0.05) is 37.6 Å². The molecule has 0 radical (unpaired) electrons. The van der Waals surface area contributed by atoms with Crippen LogP contribution in [0.5, 0.6) is 5.75 Å². The third-order valence-corrected chi connectivity index (χ3v) is 3.08.